The Kier molecular flexibility index (Phi) is 7.78. The van der Waals surface area contributed by atoms with Gasteiger partial charge in [-0.2, -0.15) is 0 Å². The average molecular weight is 461 g/mol. The van der Waals surface area contributed by atoms with E-state index in [0.717, 1.165) is 30.6 Å². The second-order valence-corrected chi connectivity index (χ2v) is 7.99. The fourth-order valence-corrected chi connectivity index (χ4v) is 3.88. The van der Waals surface area contributed by atoms with Crippen molar-refractivity contribution in [3.63, 3.8) is 0 Å². The van der Waals surface area contributed by atoms with Crippen molar-refractivity contribution in [2.75, 3.05) is 25.6 Å². The molecule has 34 heavy (non-hydrogen) atoms. The Hall–Kier alpha value is -3.84. The van der Waals surface area contributed by atoms with Crippen LogP contribution in [0.2, 0.25) is 0 Å². The van der Waals surface area contributed by atoms with E-state index in [2.05, 4.69) is 10.6 Å². The number of hydrogen-bond donors (Lipinski definition) is 2. The molecule has 3 aromatic carbocycles. The molecule has 1 aliphatic heterocycles. The lowest BCUT2D eigenvalue weighted by atomic mass is 10.0. The minimum atomic E-state index is -0.557. The van der Waals surface area contributed by atoms with Gasteiger partial charge in [-0.3, -0.25) is 0 Å². The van der Waals surface area contributed by atoms with Gasteiger partial charge < -0.3 is 24.8 Å². The van der Waals surface area contributed by atoms with Crippen molar-refractivity contribution in [2.24, 2.45) is 0 Å². The first-order valence-electron chi connectivity index (χ1n) is 11.3. The predicted octanol–water partition coefficient (Wildman–Crippen LogP) is 4.94. The first-order chi connectivity index (χ1) is 16.6. The number of ether oxygens (including phenoxy) is 3. The van der Waals surface area contributed by atoms with Crippen LogP contribution < -0.4 is 15.4 Å². The van der Waals surface area contributed by atoms with Gasteiger partial charge in [-0.15, -0.1) is 0 Å². The predicted molar refractivity (Wildman–Crippen MR) is 129 cm³/mol. The third kappa shape index (κ3) is 5.94. The van der Waals surface area contributed by atoms with Gasteiger partial charge in [0, 0.05) is 18.8 Å². The molecule has 0 radical (unpaired) electrons. The lowest BCUT2D eigenvalue weighted by Crippen LogP contribution is -2.35. The highest BCUT2D eigenvalue weighted by Crippen LogP contribution is 2.32. The summed E-state index contributed by atoms with van der Waals surface area (Å²) in [7, 11) is 1.31. The summed E-state index contributed by atoms with van der Waals surface area (Å²) in [6, 6.07) is 24.1. The van der Waals surface area contributed by atoms with E-state index in [4.69, 9.17) is 14.2 Å². The second kappa shape index (κ2) is 11.3. The number of nitrogens with one attached hydrogen (secondary N) is 2. The first-order valence-corrected chi connectivity index (χ1v) is 11.3. The third-order valence-corrected chi connectivity index (χ3v) is 5.61. The second-order valence-electron chi connectivity index (χ2n) is 7.99. The van der Waals surface area contributed by atoms with Gasteiger partial charge in [0.25, 0.3) is 0 Å². The largest absolute Gasteiger partial charge is 0.480 e. The number of benzene rings is 3. The van der Waals surface area contributed by atoms with Gasteiger partial charge in [-0.05, 0) is 42.2 Å². The SMILES string of the molecule is COC(=O)c1cc(NC(=O)NCC2CCCO2)ccc1OC(c1ccccc1)c1ccccc1. The van der Waals surface area contributed by atoms with Crippen LogP contribution in [0, 0.1) is 0 Å². The maximum Gasteiger partial charge on any atom is 0.341 e. The van der Waals surface area contributed by atoms with Crippen LogP contribution in [-0.4, -0.2) is 38.4 Å². The lowest BCUT2D eigenvalue weighted by Gasteiger charge is -2.22. The number of anilines is 1. The van der Waals surface area contributed by atoms with Crippen LogP contribution in [0.4, 0.5) is 10.5 Å². The number of esters is 1. The molecule has 7 heteroatoms. The summed E-state index contributed by atoms with van der Waals surface area (Å²) < 4.78 is 16.9. The first kappa shape index (κ1) is 23.3. The summed E-state index contributed by atoms with van der Waals surface area (Å²) in [6.07, 6.45) is 1.55. The highest BCUT2D eigenvalue weighted by molar-refractivity contribution is 5.96. The molecule has 0 saturated carbocycles. The van der Waals surface area contributed by atoms with Crippen molar-refractivity contribution in [3.05, 3.63) is 95.6 Å². The molecule has 4 rings (SSSR count). The molecule has 7 nitrogen and oxygen atoms in total. The quantitative estimate of drug-likeness (QED) is 0.465. The van der Waals surface area contributed by atoms with Crippen LogP contribution in [0.1, 0.15) is 40.4 Å². The Morgan fingerprint density at radius 1 is 1.00 bits per heavy atom. The molecule has 2 amide bonds. The molecule has 1 aliphatic rings. The summed E-state index contributed by atoms with van der Waals surface area (Å²) in [5.74, 6) is -0.201. The van der Waals surface area contributed by atoms with E-state index in [1.165, 1.54) is 7.11 Å². The molecule has 1 fully saturated rings. The van der Waals surface area contributed by atoms with Crippen LogP contribution in [0.25, 0.3) is 0 Å². The fraction of sp³-hybridized carbons (Fsp3) is 0.259. The highest BCUT2D eigenvalue weighted by Gasteiger charge is 2.22. The molecule has 2 N–H and O–H groups in total. The van der Waals surface area contributed by atoms with E-state index in [1.807, 2.05) is 60.7 Å². The number of hydrogen-bond acceptors (Lipinski definition) is 5. The van der Waals surface area contributed by atoms with Gasteiger partial charge in [0.1, 0.15) is 17.4 Å². The van der Waals surface area contributed by atoms with Crippen LogP contribution in [-0.2, 0) is 9.47 Å². The molecule has 0 bridgehead atoms. The maximum absolute atomic E-state index is 12.6. The summed E-state index contributed by atoms with van der Waals surface area (Å²) in [5, 5.41) is 5.56. The Morgan fingerprint density at radius 2 is 1.68 bits per heavy atom. The molecular formula is C27H28N2O5. The van der Waals surface area contributed by atoms with E-state index in [1.54, 1.807) is 18.2 Å². The van der Waals surface area contributed by atoms with E-state index in [0.29, 0.717) is 18.0 Å². The van der Waals surface area contributed by atoms with E-state index in [-0.39, 0.29) is 17.7 Å². The number of methoxy groups -OCH3 is 1. The molecule has 1 unspecified atom stereocenters. The number of rotatable bonds is 8. The van der Waals surface area contributed by atoms with Gasteiger partial charge in [-0.25, -0.2) is 9.59 Å². The minimum absolute atomic E-state index is 0.0417. The molecule has 1 atom stereocenters. The number of amides is 2. The summed E-state index contributed by atoms with van der Waals surface area (Å²) in [5.41, 5.74) is 2.56. The summed E-state index contributed by atoms with van der Waals surface area (Å²) in [6.45, 7) is 1.16. The number of carbonyl (C=O) groups excluding carboxylic acids is 2. The van der Waals surface area contributed by atoms with Crippen molar-refractivity contribution in [1.29, 1.82) is 0 Å². The molecule has 1 heterocycles. The molecule has 0 aromatic heterocycles. The smallest absolute Gasteiger partial charge is 0.341 e. The van der Waals surface area contributed by atoms with Crippen molar-refractivity contribution >= 4 is 17.7 Å². The zero-order chi connectivity index (χ0) is 23.8. The zero-order valence-corrected chi connectivity index (χ0v) is 19.0. The Morgan fingerprint density at radius 3 is 2.26 bits per heavy atom. The van der Waals surface area contributed by atoms with Gasteiger partial charge in [0.05, 0.1) is 13.2 Å². The normalized spacial score (nSPS) is 15.1. The van der Waals surface area contributed by atoms with Crippen molar-refractivity contribution in [1.82, 2.24) is 5.32 Å². The fourth-order valence-electron chi connectivity index (χ4n) is 3.88. The molecule has 3 aromatic rings. The van der Waals surface area contributed by atoms with Crippen molar-refractivity contribution < 1.29 is 23.8 Å². The van der Waals surface area contributed by atoms with Crippen molar-refractivity contribution in [3.8, 4) is 5.75 Å². The minimum Gasteiger partial charge on any atom is -0.480 e. The standard InChI is InChI=1S/C27H28N2O5/c1-32-26(30)23-17-21(29-27(31)28-18-22-13-8-16-33-22)14-15-24(23)34-25(19-9-4-2-5-10-19)20-11-6-3-7-12-20/h2-7,9-12,14-15,17,22,25H,8,13,16,18H2,1H3,(H2,28,29,31). The van der Waals surface area contributed by atoms with Gasteiger partial charge >= 0.3 is 12.0 Å². The Bertz CT molecular complexity index is 1060. The van der Waals surface area contributed by atoms with Crippen molar-refractivity contribution in [2.45, 2.75) is 25.0 Å². The van der Waals surface area contributed by atoms with E-state index in [9.17, 15) is 9.59 Å². The van der Waals surface area contributed by atoms with Gasteiger partial charge in [-0.1, -0.05) is 60.7 Å². The van der Waals surface area contributed by atoms with Crippen LogP contribution in [0.15, 0.2) is 78.9 Å². The van der Waals surface area contributed by atoms with Gasteiger partial charge in [0.2, 0.25) is 0 Å². The number of urea groups is 1. The Balaban J connectivity index is 1.55. The highest BCUT2D eigenvalue weighted by atomic mass is 16.5. The van der Waals surface area contributed by atoms with Crippen LogP contribution in [0.5, 0.6) is 5.75 Å². The van der Waals surface area contributed by atoms with E-state index < -0.39 is 12.1 Å². The van der Waals surface area contributed by atoms with Crippen LogP contribution in [0.3, 0.4) is 0 Å². The molecular weight excluding hydrogens is 432 g/mol. The molecule has 1 saturated heterocycles. The summed E-state index contributed by atoms with van der Waals surface area (Å²) >= 11 is 0. The molecule has 176 valence electrons. The number of carbonyl (C=O) groups is 2. The topological polar surface area (TPSA) is 85.9 Å². The average Bonchev–Trinajstić information content (AvgIpc) is 3.41. The summed E-state index contributed by atoms with van der Waals surface area (Å²) in [4.78, 5) is 24.9. The molecule has 0 spiro atoms. The maximum atomic E-state index is 12.6. The van der Waals surface area contributed by atoms with Gasteiger partial charge in [0.15, 0.2) is 0 Å². The Labute approximate surface area is 199 Å². The molecule has 0 aliphatic carbocycles. The zero-order valence-electron chi connectivity index (χ0n) is 19.0. The van der Waals surface area contributed by atoms with Crippen LogP contribution >= 0.6 is 0 Å². The third-order valence-electron chi connectivity index (χ3n) is 5.61. The lowest BCUT2D eigenvalue weighted by molar-refractivity contribution is 0.0594. The monoisotopic (exact) mass is 460 g/mol. The van der Waals surface area contributed by atoms with E-state index >= 15 is 0 Å².